The van der Waals surface area contributed by atoms with Gasteiger partial charge in [-0.25, -0.2) is 4.98 Å². The molecule has 2 aromatic carbocycles. The SMILES string of the molecule is CCN(CC)c1ccc(C2=C([O-])/C(=C3\C(C)=N[N+](C(C)(C)C)=C3O)C2=O)c(Nc2nc3ccccc3s2)c1. The number of benzene rings is 2. The molecule has 0 saturated heterocycles. The maximum absolute atomic E-state index is 13.5. The van der Waals surface area contributed by atoms with Gasteiger partial charge in [0.2, 0.25) is 0 Å². The molecule has 0 radical (unpaired) electrons. The molecule has 0 fully saturated rings. The minimum Gasteiger partial charge on any atom is -0.871 e. The number of hydrogen-bond donors (Lipinski definition) is 2. The van der Waals surface area contributed by atoms with Gasteiger partial charge in [-0.3, -0.25) is 4.79 Å². The Hall–Kier alpha value is -3.98. The van der Waals surface area contributed by atoms with Crippen molar-refractivity contribution in [3.63, 3.8) is 0 Å². The number of hydrogen-bond acceptors (Lipinski definition) is 7. The minimum atomic E-state index is -0.509. The summed E-state index contributed by atoms with van der Waals surface area (Å²) in [6, 6.07) is 13.6. The van der Waals surface area contributed by atoms with Crippen LogP contribution >= 0.6 is 11.3 Å². The molecule has 8 nitrogen and oxygen atoms in total. The Bertz CT molecular complexity index is 1570. The summed E-state index contributed by atoms with van der Waals surface area (Å²) in [5.41, 5.74) is 3.21. The Kier molecular flexibility index (Phi) is 6.35. The van der Waals surface area contributed by atoms with Crippen LogP contribution in [0.5, 0.6) is 0 Å². The normalized spacial score (nSPS) is 17.8. The smallest absolute Gasteiger partial charge is 0.401 e. The van der Waals surface area contributed by atoms with Gasteiger partial charge in [-0.1, -0.05) is 35.3 Å². The zero-order chi connectivity index (χ0) is 27.4. The zero-order valence-corrected chi connectivity index (χ0v) is 23.2. The van der Waals surface area contributed by atoms with Crippen molar-refractivity contribution < 1.29 is 19.7 Å². The molecule has 38 heavy (non-hydrogen) atoms. The van der Waals surface area contributed by atoms with E-state index >= 15 is 0 Å². The number of Topliss-reactive ketones (excluding diaryl/α,β-unsaturated/α-hetero) is 1. The molecule has 0 atom stereocenters. The molecule has 1 aromatic heterocycles. The standard InChI is InChI=1S/C29H31N5O3S/c1-7-33(8-2)17-13-14-18(20(15-17)31-28-30-19-11-9-10-12-21(19)38-28)23-25(35)24(26(23)36)22-16(3)32-34(27(22)37)29(4,5)6/h9-15H,7-8H2,1-6H3,(H2,30,31,32,35,36,37). The quantitative estimate of drug-likeness (QED) is 0.344. The number of rotatable bonds is 6. The number of carbonyl (C=O) groups excluding carboxylic acids is 1. The highest BCUT2D eigenvalue weighted by Gasteiger charge is 2.44. The lowest BCUT2D eigenvalue weighted by Crippen LogP contribution is -2.35. The second-order valence-electron chi connectivity index (χ2n) is 10.3. The van der Waals surface area contributed by atoms with E-state index in [9.17, 15) is 15.0 Å². The van der Waals surface area contributed by atoms with Crippen LogP contribution in [0.4, 0.5) is 16.5 Å². The van der Waals surface area contributed by atoms with Gasteiger partial charge in [-0.2, -0.15) is 0 Å². The summed E-state index contributed by atoms with van der Waals surface area (Å²) in [4.78, 5) is 20.4. The van der Waals surface area contributed by atoms with E-state index in [1.807, 2.05) is 63.2 Å². The fourth-order valence-corrected chi connectivity index (χ4v) is 5.70. The first kappa shape index (κ1) is 25.7. The van der Waals surface area contributed by atoms with E-state index in [0.29, 0.717) is 22.1 Å². The fourth-order valence-electron chi connectivity index (χ4n) is 4.82. The Balaban J connectivity index is 1.63. The number of anilines is 3. The summed E-state index contributed by atoms with van der Waals surface area (Å²) >= 11 is 1.51. The number of nitrogens with one attached hydrogen (secondary N) is 1. The van der Waals surface area contributed by atoms with Crippen molar-refractivity contribution in [2.45, 2.75) is 47.1 Å². The lowest BCUT2D eigenvalue weighted by Gasteiger charge is -2.33. The van der Waals surface area contributed by atoms with Crippen LogP contribution in [0.2, 0.25) is 0 Å². The number of fused-ring (bicyclic) bond motifs is 1. The molecule has 3 aromatic rings. The van der Waals surface area contributed by atoms with Crippen LogP contribution in [0.1, 0.15) is 47.1 Å². The van der Waals surface area contributed by atoms with Gasteiger partial charge in [0.05, 0.1) is 15.9 Å². The molecular weight excluding hydrogens is 498 g/mol. The molecule has 196 valence electrons. The van der Waals surface area contributed by atoms with Gasteiger partial charge in [0.1, 0.15) is 11.3 Å². The second-order valence-corrected chi connectivity index (χ2v) is 11.3. The van der Waals surface area contributed by atoms with Crippen LogP contribution < -0.4 is 15.3 Å². The number of allylic oxidation sites excluding steroid dienone is 2. The number of ketones is 1. The van der Waals surface area contributed by atoms with Gasteiger partial charge in [-0.15, -0.1) is 0 Å². The maximum Gasteiger partial charge on any atom is 0.401 e. The summed E-state index contributed by atoms with van der Waals surface area (Å²) < 4.78 is 2.49. The van der Waals surface area contributed by atoms with Crippen LogP contribution in [-0.2, 0) is 4.79 Å². The number of hydrazone groups is 1. The van der Waals surface area contributed by atoms with Crippen LogP contribution in [0.15, 0.2) is 64.5 Å². The van der Waals surface area contributed by atoms with Gasteiger partial charge >= 0.3 is 5.90 Å². The summed E-state index contributed by atoms with van der Waals surface area (Å²) in [7, 11) is 0. The lowest BCUT2D eigenvalue weighted by atomic mass is 9.79. The summed E-state index contributed by atoms with van der Waals surface area (Å²) in [5, 5.41) is 32.9. The van der Waals surface area contributed by atoms with E-state index in [1.165, 1.54) is 16.0 Å². The minimum absolute atomic E-state index is 0.0238. The summed E-state index contributed by atoms with van der Waals surface area (Å²) in [6.07, 6.45) is 0. The molecule has 2 aliphatic rings. The lowest BCUT2D eigenvalue weighted by molar-refractivity contribution is -0.605. The highest BCUT2D eigenvalue weighted by molar-refractivity contribution is 7.22. The van der Waals surface area contributed by atoms with Crippen molar-refractivity contribution >= 4 is 61.0 Å². The molecular formula is C29H31N5O3S. The molecule has 0 unspecified atom stereocenters. The van der Waals surface area contributed by atoms with Crippen molar-refractivity contribution in [3.05, 3.63) is 64.9 Å². The van der Waals surface area contributed by atoms with Crippen LogP contribution in [0, 0.1) is 0 Å². The average molecular weight is 530 g/mol. The van der Waals surface area contributed by atoms with Crippen LogP contribution in [0.25, 0.3) is 15.8 Å². The number of aliphatic hydroxyl groups is 1. The molecule has 0 saturated carbocycles. The van der Waals surface area contributed by atoms with Gasteiger partial charge in [0.15, 0.2) is 16.5 Å². The van der Waals surface area contributed by atoms with E-state index in [-0.39, 0.29) is 22.6 Å². The van der Waals surface area contributed by atoms with Gasteiger partial charge < -0.3 is 20.4 Å². The van der Waals surface area contributed by atoms with E-state index in [2.05, 4.69) is 34.1 Å². The van der Waals surface area contributed by atoms with Crippen molar-refractivity contribution in [1.29, 1.82) is 0 Å². The van der Waals surface area contributed by atoms with E-state index in [4.69, 9.17) is 0 Å². The molecule has 2 N–H and O–H groups in total. The van der Waals surface area contributed by atoms with Crippen molar-refractivity contribution in [1.82, 2.24) is 4.98 Å². The number of carbonyl (C=O) groups is 1. The average Bonchev–Trinajstić information content (AvgIpc) is 3.41. The van der Waals surface area contributed by atoms with E-state index < -0.39 is 17.1 Å². The first-order valence-corrected chi connectivity index (χ1v) is 13.5. The largest absolute Gasteiger partial charge is 0.871 e. The first-order chi connectivity index (χ1) is 18.0. The summed E-state index contributed by atoms with van der Waals surface area (Å²) in [6.45, 7) is 13.2. The van der Waals surface area contributed by atoms with Crippen LogP contribution in [0.3, 0.4) is 0 Å². The molecule has 1 aliphatic carbocycles. The zero-order valence-electron chi connectivity index (χ0n) is 22.4. The maximum atomic E-state index is 13.5. The third-order valence-corrected chi connectivity index (χ3v) is 7.72. The Morgan fingerprint density at radius 2 is 1.79 bits per heavy atom. The predicted molar refractivity (Wildman–Crippen MR) is 153 cm³/mol. The Labute approximate surface area is 226 Å². The van der Waals surface area contributed by atoms with Gasteiger partial charge in [0, 0.05) is 56.3 Å². The third-order valence-electron chi connectivity index (χ3n) is 6.77. The highest BCUT2D eigenvalue weighted by Crippen LogP contribution is 2.42. The Morgan fingerprint density at radius 1 is 1.08 bits per heavy atom. The van der Waals surface area contributed by atoms with Crippen molar-refractivity contribution in [2.24, 2.45) is 5.10 Å². The first-order valence-electron chi connectivity index (χ1n) is 12.7. The number of aliphatic hydroxyl groups excluding tert-OH is 1. The van der Waals surface area contributed by atoms with Crippen molar-refractivity contribution in [3.8, 4) is 0 Å². The molecule has 0 amide bonds. The fraction of sp³-hybridized carbons (Fsp3) is 0.310. The molecule has 9 heteroatoms. The molecule has 2 heterocycles. The second kappa shape index (κ2) is 9.40. The molecule has 1 aliphatic heterocycles. The topological polar surface area (TPSA) is 104 Å². The number of nitrogens with zero attached hydrogens (tertiary/aromatic N) is 4. The monoisotopic (exact) mass is 529 g/mol. The molecule has 0 spiro atoms. The Morgan fingerprint density at radius 3 is 2.39 bits per heavy atom. The number of para-hydroxylation sites is 1. The van der Waals surface area contributed by atoms with E-state index in [1.54, 1.807) is 6.92 Å². The third kappa shape index (κ3) is 4.16. The number of aromatic nitrogens is 1. The highest BCUT2D eigenvalue weighted by atomic mass is 32.1. The number of thiazole rings is 1. The molecule has 5 rings (SSSR count). The van der Waals surface area contributed by atoms with Crippen LogP contribution in [-0.4, -0.2) is 50.8 Å². The van der Waals surface area contributed by atoms with Crippen molar-refractivity contribution in [2.75, 3.05) is 23.3 Å². The predicted octanol–water partition coefficient (Wildman–Crippen LogP) is 4.99. The van der Waals surface area contributed by atoms with E-state index in [0.717, 1.165) is 29.0 Å². The van der Waals surface area contributed by atoms with Gasteiger partial charge in [0.25, 0.3) is 0 Å². The summed E-state index contributed by atoms with van der Waals surface area (Å²) in [5.74, 6) is -0.968. The molecule has 0 bridgehead atoms. The van der Waals surface area contributed by atoms with Gasteiger partial charge in [-0.05, 0) is 54.8 Å².